The Morgan fingerprint density at radius 1 is 1.38 bits per heavy atom. The van der Waals surface area contributed by atoms with Crippen LogP contribution in [0.25, 0.3) is 0 Å². The van der Waals surface area contributed by atoms with Crippen molar-refractivity contribution in [2.24, 2.45) is 0 Å². The number of hydrogen-bond donors (Lipinski definition) is 0. The Labute approximate surface area is 79.4 Å². The molecule has 0 spiro atoms. The van der Waals surface area contributed by atoms with Gasteiger partial charge in [-0.1, -0.05) is 6.92 Å². The van der Waals surface area contributed by atoms with E-state index in [0.29, 0.717) is 0 Å². The van der Waals surface area contributed by atoms with Crippen LogP contribution in [0.3, 0.4) is 0 Å². The maximum absolute atomic E-state index is 10.7. The highest BCUT2D eigenvalue weighted by Crippen LogP contribution is 2.25. The minimum Gasteiger partial charge on any atom is -0.460 e. The molecule has 1 fully saturated rings. The lowest BCUT2D eigenvalue weighted by Gasteiger charge is -2.19. The fourth-order valence-corrected chi connectivity index (χ4v) is 1.70. The van der Waals surface area contributed by atoms with Crippen LogP contribution in [0.2, 0.25) is 0 Å². The van der Waals surface area contributed by atoms with E-state index in [9.17, 15) is 4.79 Å². The van der Waals surface area contributed by atoms with Gasteiger partial charge in [0.1, 0.15) is 6.10 Å². The zero-order valence-corrected chi connectivity index (χ0v) is 8.41. The van der Waals surface area contributed by atoms with Crippen molar-refractivity contribution < 1.29 is 14.3 Å². The molecule has 2 atom stereocenters. The largest absolute Gasteiger partial charge is 0.460 e. The molecule has 0 bridgehead atoms. The minimum absolute atomic E-state index is 0.00375. The van der Waals surface area contributed by atoms with Gasteiger partial charge in [-0.15, -0.1) is 0 Å². The molecule has 1 aliphatic rings. The molecule has 0 aliphatic heterocycles. The van der Waals surface area contributed by atoms with Gasteiger partial charge in [-0.2, -0.15) is 0 Å². The van der Waals surface area contributed by atoms with E-state index in [2.05, 4.69) is 6.92 Å². The molecule has 0 N–H and O–H groups in total. The third kappa shape index (κ3) is 3.35. The summed E-state index contributed by atoms with van der Waals surface area (Å²) >= 11 is 0. The fourth-order valence-electron chi connectivity index (χ4n) is 1.70. The molecule has 2 unspecified atom stereocenters. The zero-order valence-electron chi connectivity index (χ0n) is 8.41. The molecule has 0 aromatic heterocycles. The molecule has 0 amide bonds. The van der Waals surface area contributed by atoms with Gasteiger partial charge >= 0.3 is 5.97 Å². The van der Waals surface area contributed by atoms with Gasteiger partial charge in [0.05, 0.1) is 6.10 Å². The maximum atomic E-state index is 10.7. The molecular formula is C10H18O3. The first-order valence-electron chi connectivity index (χ1n) is 5.03. The van der Waals surface area contributed by atoms with E-state index in [1.165, 1.54) is 6.92 Å². The summed E-state index contributed by atoms with van der Waals surface area (Å²) in [4.78, 5) is 10.7. The van der Waals surface area contributed by atoms with Crippen LogP contribution in [-0.2, 0) is 14.3 Å². The van der Waals surface area contributed by atoms with Crippen LogP contribution < -0.4 is 0 Å². The van der Waals surface area contributed by atoms with Gasteiger partial charge in [-0.05, 0) is 25.7 Å². The normalized spacial score (nSPS) is 27.5. The highest BCUT2D eigenvalue weighted by molar-refractivity contribution is 5.66. The molecule has 1 rings (SSSR count). The van der Waals surface area contributed by atoms with Crippen molar-refractivity contribution in [1.29, 1.82) is 0 Å². The van der Waals surface area contributed by atoms with Crippen LogP contribution in [0.4, 0.5) is 0 Å². The number of esters is 1. The van der Waals surface area contributed by atoms with Crippen molar-refractivity contribution in [2.45, 2.75) is 51.7 Å². The van der Waals surface area contributed by atoms with Gasteiger partial charge in [-0.25, -0.2) is 0 Å². The highest BCUT2D eigenvalue weighted by Gasteiger charge is 2.30. The van der Waals surface area contributed by atoms with Crippen molar-refractivity contribution in [3.05, 3.63) is 0 Å². The van der Waals surface area contributed by atoms with Crippen molar-refractivity contribution >= 4 is 5.97 Å². The molecule has 3 heteroatoms. The quantitative estimate of drug-likeness (QED) is 0.629. The summed E-state index contributed by atoms with van der Waals surface area (Å²) in [6.45, 7) is 4.30. The van der Waals surface area contributed by atoms with Crippen LogP contribution in [0.5, 0.6) is 0 Å². The van der Waals surface area contributed by atoms with E-state index in [1.54, 1.807) is 0 Å². The molecule has 0 radical (unpaired) electrons. The van der Waals surface area contributed by atoms with Crippen LogP contribution >= 0.6 is 0 Å². The maximum Gasteiger partial charge on any atom is 0.302 e. The first-order chi connectivity index (χ1) is 6.24. The Bertz CT molecular complexity index is 168. The second kappa shape index (κ2) is 5.22. The topological polar surface area (TPSA) is 35.5 Å². The number of carbonyl (C=O) groups is 1. The van der Waals surface area contributed by atoms with Crippen molar-refractivity contribution in [3.8, 4) is 0 Å². The molecule has 0 aromatic rings. The van der Waals surface area contributed by atoms with E-state index < -0.39 is 0 Å². The molecule has 0 aromatic carbocycles. The predicted molar refractivity (Wildman–Crippen MR) is 49.4 cm³/mol. The SMILES string of the molecule is CCCOC1CCCC1OC(C)=O. The molecular weight excluding hydrogens is 168 g/mol. The lowest BCUT2D eigenvalue weighted by Crippen LogP contribution is -2.28. The summed E-state index contributed by atoms with van der Waals surface area (Å²) in [5.41, 5.74) is 0. The Morgan fingerprint density at radius 2 is 2.08 bits per heavy atom. The van der Waals surface area contributed by atoms with E-state index >= 15 is 0 Å². The Balaban J connectivity index is 2.30. The van der Waals surface area contributed by atoms with Crippen LogP contribution in [0.1, 0.15) is 39.5 Å². The van der Waals surface area contributed by atoms with Crippen LogP contribution in [0, 0.1) is 0 Å². The van der Waals surface area contributed by atoms with Crippen LogP contribution in [-0.4, -0.2) is 24.8 Å². The van der Waals surface area contributed by atoms with Gasteiger partial charge in [0.2, 0.25) is 0 Å². The standard InChI is InChI=1S/C10H18O3/c1-3-7-12-9-5-4-6-10(9)13-8(2)11/h9-10H,3-7H2,1-2H3. The number of ether oxygens (including phenoxy) is 2. The summed E-state index contributed by atoms with van der Waals surface area (Å²) in [5.74, 6) is -0.197. The highest BCUT2D eigenvalue weighted by atomic mass is 16.6. The average molecular weight is 186 g/mol. The third-order valence-corrected chi connectivity index (χ3v) is 2.25. The molecule has 1 saturated carbocycles. The number of rotatable bonds is 4. The van der Waals surface area contributed by atoms with Crippen molar-refractivity contribution in [1.82, 2.24) is 0 Å². The van der Waals surface area contributed by atoms with Gasteiger partial charge < -0.3 is 9.47 Å². The number of hydrogen-bond acceptors (Lipinski definition) is 3. The molecule has 76 valence electrons. The molecule has 13 heavy (non-hydrogen) atoms. The first-order valence-corrected chi connectivity index (χ1v) is 5.03. The summed E-state index contributed by atoms with van der Waals surface area (Å²) in [6, 6.07) is 0. The summed E-state index contributed by atoms with van der Waals surface area (Å²) < 4.78 is 10.7. The summed E-state index contributed by atoms with van der Waals surface area (Å²) in [7, 11) is 0. The minimum atomic E-state index is -0.197. The summed E-state index contributed by atoms with van der Waals surface area (Å²) in [5, 5.41) is 0. The van der Waals surface area contributed by atoms with E-state index in [1.807, 2.05) is 0 Å². The fraction of sp³-hybridized carbons (Fsp3) is 0.900. The third-order valence-electron chi connectivity index (χ3n) is 2.25. The Hall–Kier alpha value is -0.570. The zero-order chi connectivity index (χ0) is 9.68. The monoisotopic (exact) mass is 186 g/mol. The van der Waals surface area contributed by atoms with E-state index in [0.717, 1.165) is 32.3 Å². The molecule has 0 heterocycles. The van der Waals surface area contributed by atoms with Gasteiger partial charge in [0.15, 0.2) is 0 Å². The Morgan fingerprint density at radius 3 is 2.69 bits per heavy atom. The van der Waals surface area contributed by atoms with E-state index in [4.69, 9.17) is 9.47 Å². The smallest absolute Gasteiger partial charge is 0.302 e. The van der Waals surface area contributed by atoms with Crippen LogP contribution in [0.15, 0.2) is 0 Å². The second-order valence-electron chi connectivity index (χ2n) is 3.49. The Kier molecular flexibility index (Phi) is 4.22. The van der Waals surface area contributed by atoms with Gasteiger partial charge in [0, 0.05) is 13.5 Å². The molecule has 3 nitrogen and oxygen atoms in total. The number of carbonyl (C=O) groups excluding carboxylic acids is 1. The molecule has 1 aliphatic carbocycles. The van der Waals surface area contributed by atoms with Gasteiger partial charge in [-0.3, -0.25) is 4.79 Å². The molecule has 0 saturated heterocycles. The lowest BCUT2D eigenvalue weighted by atomic mass is 10.2. The second-order valence-corrected chi connectivity index (χ2v) is 3.49. The van der Waals surface area contributed by atoms with Crippen molar-refractivity contribution in [3.63, 3.8) is 0 Å². The first kappa shape index (κ1) is 10.5. The van der Waals surface area contributed by atoms with Crippen molar-refractivity contribution in [2.75, 3.05) is 6.61 Å². The van der Waals surface area contributed by atoms with E-state index in [-0.39, 0.29) is 18.2 Å². The lowest BCUT2D eigenvalue weighted by molar-refractivity contribution is -0.152. The average Bonchev–Trinajstić information content (AvgIpc) is 2.48. The predicted octanol–water partition coefficient (Wildman–Crippen LogP) is 1.90. The van der Waals surface area contributed by atoms with Gasteiger partial charge in [0.25, 0.3) is 0 Å². The summed E-state index contributed by atoms with van der Waals surface area (Å²) in [6.07, 6.45) is 4.24.